The summed E-state index contributed by atoms with van der Waals surface area (Å²) >= 11 is 0. The fourth-order valence-electron chi connectivity index (χ4n) is 3.91. The van der Waals surface area contributed by atoms with Gasteiger partial charge in [0.2, 0.25) is 11.8 Å². The molecule has 10 heteroatoms. The fourth-order valence-corrected chi connectivity index (χ4v) is 3.91. The zero-order valence-corrected chi connectivity index (χ0v) is 14.7. The first-order valence-corrected chi connectivity index (χ1v) is 8.70. The molecule has 2 aliphatic heterocycles. The summed E-state index contributed by atoms with van der Waals surface area (Å²) in [5.74, 6) is -1.14. The van der Waals surface area contributed by atoms with E-state index in [1.54, 1.807) is 7.11 Å². The average Bonchev–Trinajstić information content (AvgIpc) is 3.05. The Morgan fingerprint density at radius 3 is 2.81 bits per heavy atom. The minimum Gasteiger partial charge on any atom is -0.383 e. The van der Waals surface area contributed by atoms with E-state index >= 15 is 0 Å². The smallest absolute Gasteiger partial charge is 0.383 e. The second-order valence-corrected chi connectivity index (χ2v) is 7.13. The van der Waals surface area contributed by atoms with Gasteiger partial charge in [0.15, 0.2) is 0 Å². The van der Waals surface area contributed by atoms with Crippen LogP contribution in [-0.4, -0.2) is 65.7 Å². The summed E-state index contributed by atoms with van der Waals surface area (Å²) in [5, 5.41) is 3.01. The summed E-state index contributed by atoms with van der Waals surface area (Å²) in [5.41, 5.74) is -0.0349. The fraction of sp³-hybridized carbons (Fsp3) is 0.812. The zero-order valence-electron chi connectivity index (χ0n) is 14.7. The molecule has 0 N–H and O–H groups in total. The van der Waals surface area contributed by atoms with Crippen LogP contribution in [0.25, 0.3) is 0 Å². The van der Waals surface area contributed by atoms with Gasteiger partial charge >= 0.3 is 6.18 Å². The number of ether oxygens (including phenoxy) is 1. The van der Waals surface area contributed by atoms with E-state index in [0.717, 1.165) is 25.8 Å². The lowest BCUT2D eigenvalue weighted by atomic mass is 9.73. The molecule has 1 spiro atoms. The van der Waals surface area contributed by atoms with Crippen LogP contribution in [0.1, 0.15) is 37.4 Å². The van der Waals surface area contributed by atoms with Crippen molar-refractivity contribution in [2.24, 2.45) is 5.41 Å². The number of hydrogen-bond donors (Lipinski definition) is 0. The predicted octanol–water partition coefficient (Wildman–Crippen LogP) is 1.94. The molecule has 1 aromatic heterocycles. The summed E-state index contributed by atoms with van der Waals surface area (Å²) in [4.78, 5) is 19.4. The maximum atomic E-state index is 12.6. The first-order valence-electron chi connectivity index (χ1n) is 8.70. The van der Waals surface area contributed by atoms with E-state index in [9.17, 15) is 18.0 Å². The third kappa shape index (κ3) is 4.35. The number of nitrogens with zero attached hydrogens (tertiary/aromatic N) is 4. The lowest BCUT2D eigenvalue weighted by molar-refractivity contribution is -0.146. The lowest BCUT2D eigenvalue weighted by Crippen LogP contribution is -2.54. The first kappa shape index (κ1) is 19.1. The van der Waals surface area contributed by atoms with Crippen LogP contribution in [0, 0.1) is 5.41 Å². The maximum absolute atomic E-state index is 12.6. The summed E-state index contributed by atoms with van der Waals surface area (Å²) in [7, 11) is 1.60. The van der Waals surface area contributed by atoms with E-state index in [1.165, 1.54) is 0 Å². The topological polar surface area (TPSA) is 71.7 Å². The van der Waals surface area contributed by atoms with Gasteiger partial charge in [-0.2, -0.15) is 18.2 Å². The van der Waals surface area contributed by atoms with Gasteiger partial charge in [-0.25, -0.2) is 0 Å². The SMILES string of the molecule is COCCN1C[C@]2(CCCN(Cc3nc(C(F)(F)F)no3)C2)CCC1=O. The number of alkyl halides is 3. The number of aromatic nitrogens is 2. The number of carbonyl (C=O) groups excluding carboxylic acids is 1. The highest BCUT2D eigenvalue weighted by Gasteiger charge is 2.42. The Labute approximate surface area is 149 Å². The molecule has 146 valence electrons. The third-order valence-corrected chi connectivity index (χ3v) is 5.13. The van der Waals surface area contributed by atoms with Gasteiger partial charge in [0, 0.05) is 38.6 Å². The van der Waals surface area contributed by atoms with Gasteiger partial charge in [0.25, 0.3) is 5.82 Å². The van der Waals surface area contributed by atoms with E-state index < -0.39 is 12.0 Å². The van der Waals surface area contributed by atoms with Gasteiger partial charge in [0.05, 0.1) is 13.2 Å². The molecule has 0 aromatic carbocycles. The minimum atomic E-state index is -4.60. The first-order chi connectivity index (χ1) is 12.3. The monoisotopic (exact) mass is 376 g/mol. The van der Waals surface area contributed by atoms with Crippen LogP contribution in [0.4, 0.5) is 13.2 Å². The molecule has 3 heterocycles. The van der Waals surface area contributed by atoms with Gasteiger partial charge in [-0.3, -0.25) is 9.69 Å². The van der Waals surface area contributed by atoms with Crippen LogP contribution in [0.3, 0.4) is 0 Å². The van der Waals surface area contributed by atoms with E-state index in [0.29, 0.717) is 32.7 Å². The molecule has 2 aliphatic rings. The zero-order chi connectivity index (χ0) is 18.8. The Morgan fingerprint density at radius 1 is 1.31 bits per heavy atom. The molecule has 0 bridgehead atoms. The Balaban J connectivity index is 1.63. The molecule has 2 fully saturated rings. The molecule has 2 saturated heterocycles. The highest BCUT2D eigenvalue weighted by molar-refractivity contribution is 5.77. The van der Waals surface area contributed by atoms with Crippen LogP contribution in [-0.2, 0) is 22.3 Å². The van der Waals surface area contributed by atoms with Crippen molar-refractivity contribution in [3.63, 3.8) is 0 Å². The van der Waals surface area contributed by atoms with Crippen molar-refractivity contribution >= 4 is 5.91 Å². The Kier molecular flexibility index (Phi) is 5.52. The summed E-state index contributed by atoms with van der Waals surface area (Å²) < 4.78 is 47.6. The molecule has 1 aromatic rings. The van der Waals surface area contributed by atoms with E-state index in [4.69, 9.17) is 9.26 Å². The molecule has 0 saturated carbocycles. The van der Waals surface area contributed by atoms with Crippen LogP contribution in [0.15, 0.2) is 4.52 Å². The van der Waals surface area contributed by atoms with Gasteiger partial charge < -0.3 is 14.2 Å². The van der Waals surface area contributed by atoms with Crippen molar-refractivity contribution in [2.75, 3.05) is 39.9 Å². The van der Waals surface area contributed by atoms with Crippen molar-refractivity contribution < 1.29 is 27.2 Å². The van der Waals surface area contributed by atoms with Crippen LogP contribution >= 0.6 is 0 Å². The van der Waals surface area contributed by atoms with Crippen molar-refractivity contribution in [1.29, 1.82) is 0 Å². The van der Waals surface area contributed by atoms with Crippen molar-refractivity contribution in [3.8, 4) is 0 Å². The molecular weight excluding hydrogens is 353 g/mol. The average molecular weight is 376 g/mol. The molecule has 0 aliphatic carbocycles. The predicted molar refractivity (Wildman–Crippen MR) is 83.9 cm³/mol. The largest absolute Gasteiger partial charge is 0.455 e. The molecule has 1 atom stereocenters. The Morgan fingerprint density at radius 2 is 2.12 bits per heavy atom. The molecular formula is C16H23F3N4O3. The lowest BCUT2D eigenvalue weighted by Gasteiger charge is -2.48. The Hall–Kier alpha value is -1.68. The summed E-state index contributed by atoms with van der Waals surface area (Å²) in [6.07, 6.45) is -1.39. The third-order valence-electron chi connectivity index (χ3n) is 5.13. The van der Waals surface area contributed by atoms with Crippen molar-refractivity contribution in [2.45, 2.75) is 38.4 Å². The van der Waals surface area contributed by atoms with Crippen molar-refractivity contribution in [3.05, 3.63) is 11.7 Å². The molecule has 7 nitrogen and oxygen atoms in total. The minimum absolute atomic E-state index is 0.0301. The standard InChI is InChI=1S/C16H23F3N4O3/c1-25-8-7-23-11-15(5-3-13(23)24)4-2-6-22(10-15)9-12-20-14(21-26-12)16(17,18)19/h2-11H2,1H3/t15-/m1/s1. The molecule has 1 amide bonds. The maximum Gasteiger partial charge on any atom is 0.455 e. The molecule has 0 unspecified atom stereocenters. The van der Waals surface area contributed by atoms with Crippen LogP contribution in [0.2, 0.25) is 0 Å². The number of rotatable bonds is 5. The van der Waals surface area contributed by atoms with Gasteiger partial charge in [-0.15, -0.1) is 0 Å². The van der Waals surface area contributed by atoms with Crippen LogP contribution < -0.4 is 0 Å². The number of methoxy groups -OCH3 is 1. The van der Waals surface area contributed by atoms with Crippen molar-refractivity contribution in [1.82, 2.24) is 19.9 Å². The second kappa shape index (κ2) is 7.51. The number of piperidine rings is 2. The number of hydrogen-bond acceptors (Lipinski definition) is 6. The van der Waals surface area contributed by atoms with E-state index in [-0.39, 0.29) is 23.8 Å². The van der Waals surface area contributed by atoms with Gasteiger partial charge in [0.1, 0.15) is 0 Å². The second-order valence-electron chi connectivity index (χ2n) is 7.13. The van der Waals surface area contributed by atoms with Gasteiger partial charge in [-0.05, 0) is 25.8 Å². The summed E-state index contributed by atoms with van der Waals surface area (Å²) in [6.45, 7) is 3.37. The highest BCUT2D eigenvalue weighted by Crippen LogP contribution is 2.39. The van der Waals surface area contributed by atoms with E-state index in [1.807, 2.05) is 9.80 Å². The van der Waals surface area contributed by atoms with Gasteiger partial charge in [-0.1, -0.05) is 5.16 Å². The number of halogens is 3. The quantitative estimate of drug-likeness (QED) is 0.782. The molecule has 26 heavy (non-hydrogen) atoms. The van der Waals surface area contributed by atoms with Crippen LogP contribution in [0.5, 0.6) is 0 Å². The summed E-state index contributed by atoms with van der Waals surface area (Å²) in [6, 6.07) is 0. The normalized spacial score (nSPS) is 25.2. The van der Waals surface area contributed by atoms with E-state index in [2.05, 4.69) is 10.1 Å². The molecule has 0 radical (unpaired) electrons. The molecule has 3 rings (SSSR count). The Bertz CT molecular complexity index is 637. The number of likely N-dealkylation sites (tertiary alicyclic amines) is 2. The number of amides is 1. The highest BCUT2D eigenvalue weighted by atomic mass is 19.4. The number of carbonyl (C=O) groups is 1.